The number of aliphatic carboxylic acids is 1. The standard InChI is InChI=1S/C10H13NO4/c1-3-15-10(14)8-4-5-11(7(8)2)6-9(12)13/h4-5H,3,6H2,1-2H3,(H,12,13). The van der Waals surface area contributed by atoms with Gasteiger partial charge < -0.3 is 14.4 Å². The van der Waals surface area contributed by atoms with E-state index in [1.807, 2.05) is 0 Å². The van der Waals surface area contributed by atoms with Crippen molar-refractivity contribution in [3.63, 3.8) is 0 Å². The summed E-state index contributed by atoms with van der Waals surface area (Å²) in [6, 6.07) is 1.57. The maximum Gasteiger partial charge on any atom is 0.339 e. The molecule has 0 bridgehead atoms. The first-order valence-electron chi connectivity index (χ1n) is 4.61. The average Bonchev–Trinajstić information content (AvgIpc) is 2.48. The van der Waals surface area contributed by atoms with Gasteiger partial charge in [0.25, 0.3) is 0 Å². The number of aromatic nitrogens is 1. The van der Waals surface area contributed by atoms with Crippen molar-refractivity contribution < 1.29 is 19.4 Å². The summed E-state index contributed by atoms with van der Waals surface area (Å²) in [5.74, 6) is -1.36. The minimum absolute atomic E-state index is 0.148. The molecule has 0 aromatic carbocycles. The van der Waals surface area contributed by atoms with Crippen LogP contribution in [0.3, 0.4) is 0 Å². The Morgan fingerprint density at radius 3 is 2.73 bits per heavy atom. The van der Waals surface area contributed by atoms with Crippen LogP contribution in [-0.2, 0) is 16.1 Å². The normalized spacial score (nSPS) is 10.0. The van der Waals surface area contributed by atoms with E-state index in [4.69, 9.17) is 9.84 Å². The summed E-state index contributed by atoms with van der Waals surface area (Å²) in [5, 5.41) is 8.61. The number of hydrogen-bond acceptors (Lipinski definition) is 3. The van der Waals surface area contributed by atoms with Gasteiger partial charge in [-0.25, -0.2) is 4.79 Å². The van der Waals surface area contributed by atoms with E-state index in [2.05, 4.69) is 0 Å². The Kier molecular flexibility index (Phi) is 3.49. The Balaban J connectivity index is 2.88. The van der Waals surface area contributed by atoms with Gasteiger partial charge in [-0.15, -0.1) is 0 Å². The summed E-state index contributed by atoms with van der Waals surface area (Å²) in [7, 11) is 0. The molecule has 1 rings (SSSR count). The van der Waals surface area contributed by atoms with Gasteiger partial charge in [-0.1, -0.05) is 0 Å². The van der Waals surface area contributed by atoms with Gasteiger partial charge in [0.2, 0.25) is 0 Å². The molecule has 1 N–H and O–H groups in total. The summed E-state index contributed by atoms with van der Waals surface area (Å²) < 4.78 is 6.32. The number of ether oxygens (including phenoxy) is 1. The summed E-state index contributed by atoms with van der Waals surface area (Å²) in [6.45, 7) is 3.57. The highest BCUT2D eigenvalue weighted by atomic mass is 16.5. The Hall–Kier alpha value is -1.78. The van der Waals surface area contributed by atoms with Crippen LogP contribution in [-0.4, -0.2) is 28.2 Å². The van der Waals surface area contributed by atoms with Crippen molar-refractivity contribution in [3.8, 4) is 0 Å². The third kappa shape index (κ3) is 2.59. The monoisotopic (exact) mass is 211 g/mol. The highest BCUT2D eigenvalue weighted by Gasteiger charge is 2.14. The maximum absolute atomic E-state index is 11.4. The Labute approximate surface area is 87.3 Å². The first-order chi connectivity index (χ1) is 7.06. The molecule has 1 heterocycles. The minimum Gasteiger partial charge on any atom is -0.480 e. The van der Waals surface area contributed by atoms with E-state index in [0.29, 0.717) is 17.9 Å². The highest BCUT2D eigenvalue weighted by molar-refractivity contribution is 5.90. The second-order valence-electron chi connectivity index (χ2n) is 3.06. The molecule has 0 aliphatic carbocycles. The number of carbonyl (C=O) groups excluding carboxylic acids is 1. The molecule has 0 atom stereocenters. The van der Waals surface area contributed by atoms with E-state index in [9.17, 15) is 9.59 Å². The van der Waals surface area contributed by atoms with E-state index >= 15 is 0 Å². The largest absolute Gasteiger partial charge is 0.480 e. The van der Waals surface area contributed by atoms with Gasteiger partial charge in [-0.05, 0) is 19.9 Å². The molecule has 0 saturated heterocycles. The van der Waals surface area contributed by atoms with Gasteiger partial charge in [0, 0.05) is 11.9 Å². The molecule has 1 aromatic rings. The maximum atomic E-state index is 11.4. The van der Waals surface area contributed by atoms with Gasteiger partial charge in [0.05, 0.1) is 12.2 Å². The molecule has 0 saturated carbocycles. The number of nitrogens with zero attached hydrogens (tertiary/aromatic N) is 1. The fourth-order valence-electron chi connectivity index (χ4n) is 1.29. The Morgan fingerprint density at radius 1 is 1.53 bits per heavy atom. The van der Waals surface area contributed by atoms with Gasteiger partial charge in [-0.2, -0.15) is 0 Å². The fraction of sp³-hybridized carbons (Fsp3) is 0.400. The number of carbonyl (C=O) groups is 2. The molecular weight excluding hydrogens is 198 g/mol. The molecule has 0 radical (unpaired) electrons. The van der Waals surface area contributed by atoms with Crippen LogP contribution in [0.2, 0.25) is 0 Å². The third-order valence-corrected chi connectivity index (χ3v) is 2.04. The van der Waals surface area contributed by atoms with Gasteiger partial charge in [-0.3, -0.25) is 4.79 Å². The number of carboxylic acids is 1. The lowest BCUT2D eigenvalue weighted by molar-refractivity contribution is -0.137. The summed E-state index contributed by atoms with van der Waals surface area (Å²) in [4.78, 5) is 21.9. The lowest BCUT2D eigenvalue weighted by atomic mass is 10.2. The fourth-order valence-corrected chi connectivity index (χ4v) is 1.29. The predicted octanol–water partition coefficient (Wildman–Crippen LogP) is 1.06. The number of carboxylic acid groups (broad SMARTS) is 1. The van der Waals surface area contributed by atoms with Crippen LogP contribution in [0.15, 0.2) is 12.3 Å². The molecular formula is C10H13NO4. The smallest absolute Gasteiger partial charge is 0.339 e. The van der Waals surface area contributed by atoms with Crippen molar-refractivity contribution in [1.82, 2.24) is 4.57 Å². The zero-order valence-electron chi connectivity index (χ0n) is 8.69. The molecule has 15 heavy (non-hydrogen) atoms. The van der Waals surface area contributed by atoms with E-state index in [0.717, 1.165) is 0 Å². The predicted molar refractivity (Wildman–Crippen MR) is 52.8 cm³/mol. The quantitative estimate of drug-likeness (QED) is 0.756. The van der Waals surface area contributed by atoms with Gasteiger partial charge in [0.15, 0.2) is 0 Å². The average molecular weight is 211 g/mol. The molecule has 5 nitrogen and oxygen atoms in total. The SMILES string of the molecule is CCOC(=O)c1ccn(CC(=O)O)c1C. The molecule has 0 amide bonds. The van der Waals surface area contributed by atoms with E-state index in [-0.39, 0.29) is 6.54 Å². The highest BCUT2D eigenvalue weighted by Crippen LogP contribution is 2.11. The Bertz CT molecular complexity index is 381. The molecule has 0 unspecified atom stereocenters. The lowest BCUT2D eigenvalue weighted by Gasteiger charge is -2.04. The van der Waals surface area contributed by atoms with Gasteiger partial charge >= 0.3 is 11.9 Å². The van der Waals surface area contributed by atoms with Crippen molar-refractivity contribution in [2.75, 3.05) is 6.61 Å². The van der Waals surface area contributed by atoms with Crippen LogP contribution in [0.5, 0.6) is 0 Å². The third-order valence-electron chi connectivity index (χ3n) is 2.04. The lowest BCUT2D eigenvalue weighted by Crippen LogP contribution is -2.11. The molecule has 82 valence electrons. The van der Waals surface area contributed by atoms with Crippen LogP contribution in [0.25, 0.3) is 0 Å². The van der Waals surface area contributed by atoms with E-state index in [1.165, 1.54) is 4.57 Å². The molecule has 0 aliphatic rings. The number of esters is 1. The van der Waals surface area contributed by atoms with Crippen LogP contribution in [0, 0.1) is 6.92 Å². The van der Waals surface area contributed by atoms with Crippen LogP contribution in [0.4, 0.5) is 0 Å². The zero-order valence-corrected chi connectivity index (χ0v) is 8.69. The summed E-state index contributed by atoms with van der Waals surface area (Å²) >= 11 is 0. The van der Waals surface area contributed by atoms with Crippen molar-refractivity contribution in [2.24, 2.45) is 0 Å². The van der Waals surface area contributed by atoms with E-state index < -0.39 is 11.9 Å². The Morgan fingerprint density at radius 2 is 2.20 bits per heavy atom. The van der Waals surface area contributed by atoms with Crippen molar-refractivity contribution in [1.29, 1.82) is 0 Å². The van der Waals surface area contributed by atoms with Crippen LogP contribution in [0.1, 0.15) is 23.0 Å². The molecule has 1 aromatic heterocycles. The van der Waals surface area contributed by atoms with E-state index in [1.54, 1.807) is 26.1 Å². The second kappa shape index (κ2) is 4.63. The van der Waals surface area contributed by atoms with Crippen LogP contribution >= 0.6 is 0 Å². The van der Waals surface area contributed by atoms with Gasteiger partial charge in [0.1, 0.15) is 6.54 Å². The van der Waals surface area contributed by atoms with Crippen LogP contribution < -0.4 is 0 Å². The number of hydrogen-bond donors (Lipinski definition) is 1. The molecule has 5 heteroatoms. The minimum atomic E-state index is -0.941. The zero-order chi connectivity index (χ0) is 11.4. The number of rotatable bonds is 4. The first-order valence-corrected chi connectivity index (χ1v) is 4.61. The molecule has 0 fully saturated rings. The van der Waals surface area contributed by atoms with Crippen molar-refractivity contribution in [2.45, 2.75) is 20.4 Å². The first kappa shape index (κ1) is 11.3. The van der Waals surface area contributed by atoms with Crippen molar-refractivity contribution in [3.05, 3.63) is 23.5 Å². The summed E-state index contributed by atoms with van der Waals surface area (Å²) in [6.07, 6.45) is 1.57. The molecule has 0 aliphatic heterocycles. The molecule has 0 spiro atoms. The van der Waals surface area contributed by atoms with Crippen molar-refractivity contribution >= 4 is 11.9 Å². The summed E-state index contributed by atoms with van der Waals surface area (Å²) in [5.41, 5.74) is 1.02. The second-order valence-corrected chi connectivity index (χ2v) is 3.06. The topological polar surface area (TPSA) is 68.5 Å².